The number of aliphatic hydroxyl groups is 1. The first-order chi connectivity index (χ1) is 7.17. The molecule has 0 saturated carbocycles. The predicted molar refractivity (Wildman–Crippen MR) is 65.0 cm³/mol. The van der Waals surface area contributed by atoms with Crippen LogP contribution in [0.15, 0.2) is 0 Å². The number of rotatable bonds is 9. The van der Waals surface area contributed by atoms with E-state index in [1.165, 1.54) is 12.8 Å². The van der Waals surface area contributed by atoms with Crippen LogP contribution in [-0.4, -0.2) is 24.9 Å². The summed E-state index contributed by atoms with van der Waals surface area (Å²) in [6, 6.07) is 0. The van der Waals surface area contributed by atoms with Crippen LogP contribution in [0.5, 0.6) is 0 Å². The van der Waals surface area contributed by atoms with E-state index in [9.17, 15) is 5.11 Å². The molecule has 0 fully saturated rings. The number of ether oxygens (including phenoxy) is 1. The van der Waals surface area contributed by atoms with Crippen molar-refractivity contribution in [1.82, 2.24) is 0 Å². The van der Waals surface area contributed by atoms with Gasteiger partial charge < -0.3 is 9.84 Å². The van der Waals surface area contributed by atoms with Crippen molar-refractivity contribution in [2.75, 3.05) is 13.7 Å². The fourth-order valence-corrected chi connectivity index (χ4v) is 2.17. The Balaban J connectivity index is 4.02. The minimum absolute atomic E-state index is 0.153. The zero-order valence-corrected chi connectivity index (χ0v) is 10.8. The molecule has 0 saturated heterocycles. The fourth-order valence-electron chi connectivity index (χ4n) is 2.17. The van der Waals surface area contributed by atoms with E-state index >= 15 is 0 Å². The van der Waals surface area contributed by atoms with Crippen molar-refractivity contribution in [3.63, 3.8) is 0 Å². The van der Waals surface area contributed by atoms with Crippen LogP contribution >= 0.6 is 0 Å². The second kappa shape index (κ2) is 9.17. The van der Waals surface area contributed by atoms with E-state index in [1.807, 2.05) is 0 Å². The van der Waals surface area contributed by atoms with Gasteiger partial charge in [-0.05, 0) is 31.1 Å². The Hall–Kier alpha value is -0.0800. The van der Waals surface area contributed by atoms with Crippen molar-refractivity contribution >= 4 is 0 Å². The third kappa shape index (κ3) is 6.16. The molecule has 0 spiro atoms. The molecule has 0 aliphatic carbocycles. The van der Waals surface area contributed by atoms with E-state index in [-0.39, 0.29) is 6.10 Å². The summed E-state index contributed by atoms with van der Waals surface area (Å²) in [7, 11) is 1.72. The average molecular weight is 216 g/mol. The van der Waals surface area contributed by atoms with E-state index in [4.69, 9.17) is 4.74 Å². The summed E-state index contributed by atoms with van der Waals surface area (Å²) < 4.78 is 5.05. The van der Waals surface area contributed by atoms with Crippen molar-refractivity contribution in [2.24, 2.45) is 11.8 Å². The molecule has 0 aromatic rings. The molecular weight excluding hydrogens is 188 g/mol. The lowest BCUT2D eigenvalue weighted by Crippen LogP contribution is -2.28. The van der Waals surface area contributed by atoms with Crippen LogP contribution in [-0.2, 0) is 4.74 Å². The number of methoxy groups -OCH3 is 1. The molecular formula is C13H28O2. The molecule has 92 valence electrons. The lowest BCUT2D eigenvalue weighted by atomic mass is 9.84. The van der Waals surface area contributed by atoms with Crippen molar-refractivity contribution in [1.29, 1.82) is 0 Å². The lowest BCUT2D eigenvalue weighted by Gasteiger charge is -2.27. The van der Waals surface area contributed by atoms with Crippen molar-refractivity contribution in [2.45, 2.75) is 59.0 Å². The molecule has 0 amide bonds. The van der Waals surface area contributed by atoms with E-state index in [0.717, 1.165) is 25.9 Å². The predicted octanol–water partition coefficient (Wildman–Crippen LogP) is 3.24. The minimum atomic E-state index is -0.153. The lowest BCUT2D eigenvalue weighted by molar-refractivity contribution is 0.0340. The Bertz CT molecular complexity index is 130. The van der Waals surface area contributed by atoms with Gasteiger partial charge in [-0.3, -0.25) is 0 Å². The summed E-state index contributed by atoms with van der Waals surface area (Å²) in [6.07, 6.45) is 5.43. The van der Waals surface area contributed by atoms with Gasteiger partial charge in [-0.15, -0.1) is 0 Å². The van der Waals surface area contributed by atoms with Gasteiger partial charge in [0.1, 0.15) is 0 Å². The van der Waals surface area contributed by atoms with E-state index in [1.54, 1.807) is 7.11 Å². The van der Waals surface area contributed by atoms with Crippen LogP contribution in [0, 0.1) is 11.8 Å². The van der Waals surface area contributed by atoms with Gasteiger partial charge >= 0.3 is 0 Å². The molecule has 2 atom stereocenters. The Kier molecular flexibility index (Phi) is 9.12. The van der Waals surface area contributed by atoms with Gasteiger partial charge in [-0.25, -0.2) is 0 Å². The minimum Gasteiger partial charge on any atom is -0.393 e. The van der Waals surface area contributed by atoms with Crippen molar-refractivity contribution < 1.29 is 9.84 Å². The SMILES string of the molecule is CCCC(CCC)C(O)C(C)CCOC. The van der Waals surface area contributed by atoms with Gasteiger partial charge in [0, 0.05) is 13.7 Å². The monoisotopic (exact) mass is 216 g/mol. The van der Waals surface area contributed by atoms with Gasteiger partial charge in [0.2, 0.25) is 0 Å². The standard InChI is InChI=1S/C13H28O2/c1-5-7-12(8-6-2)13(14)11(3)9-10-15-4/h11-14H,5-10H2,1-4H3. The molecule has 2 unspecified atom stereocenters. The second-order valence-corrected chi connectivity index (χ2v) is 4.59. The van der Waals surface area contributed by atoms with Crippen LogP contribution in [0.3, 0.4) is 0 Å². The van der Waals surface area contributed by atoms with E-state index in [2.05, 4.69) is 20.8 Å². The fraction of sp³-hybridized carbons (Fsp3) is 1.00. The molecule has 2 heteroatoms. The molecule has 0 aliphatic rings. The maximum absolute atomic E-state index is 10.2. The summed E-state index contributed by atoms with van der Waals surface area (Å²) >= 11 is 0. The Labute approximate surface area is 95.0 Å². The zero-order chi connectivity index (χ0) is 11.7. The van der Waals surface area contributed by atoms with Gasteiger partial charge in [0.05, 0.1) is 6.10 Å². The Morgan fingerprint density at radius 2 is 1.60 bits per heavy atom. The van der Waals surface area contributed by atoms with Crippen LogP contribution in [0.25, 0.3) is 0 Å². The van der Waals surface area contributed by atoms with Gasteiger partial charge in [0.25, 0.3) is 0 Å². The maximum atomic E-state index is 10.2. The molecule has 1 N–H and O–H groups in total. The van der Waals surface area contributed by atoms with Gasteiger partial charge in [-0.2, -0.15) is 0 Å². The zero-order valence-electron chi connectivity index (χ0n) is 10.8. The topological polar surface area (TPSA) is 29.5 Å². The summed E-state index contributed by atoms with van der Waals surface area (Å²) in [6.45, 7) is 7.26. The number of aliphatic hydroxyl groups excluding tert-OH is 1. The normalized spacial score (nSPS) is 15.6. The molecule has 15 heavy (non-hydrogen) atoms. The van der Waals surface area contributed by atoms with E-state index < -0.39 is 0 Å². The average Bonchev–Trinajstić information content (AvgIpc) is 2.24. The highest BCUT2D eigenvalue weighted by molar-refractivity contribution is 4.73. The smallest absolute Gasteiger partial charge is 0.0594 e. The first-order valence-corrected chi connectivity index (χ1v) is 6.34. The number of hydrogen-bond acceptors (Lipinski definition) is 2. The van der Waals surface area contributed by atoms with E-state index in [0.29, 0.717) is 11.8 Å². The van der Waals surface area contributed by atoms with Gasteiger partial charge in [-0.1, -0.05) is 33.6 Å². The third-order valence-corrected chi connectivity index (χ3v) is 3.16. The largest absolute Gasteiger partial charge is 0.393 e. The molecule has 0 rings (SSSR count). The third-order valence-electron chi connectivity index (χ3n) is 3.16. The molecule has 0 heterocycles. The van der Waals surface area contributed by atoms with Crippen molar-refractivity contribution in [3.8, 4) is 0 Å². The molecule has 2 nitrogen and oxygen atoms in total. The second-order valence-electron chi connectivity index (χ2n) is 4.59. The molecule has 0 aliphatic heterocycles. The Morgan fingerprint density at radius 3 is 2.00 bits per heavy atom. The molecule has 0 bridgehead atoms. The molecule has 0 aromatic heterocycles. The van der Waals surface area contributed by atoms with Gasteiger partial charge in [0.15, 0.2) is 0 Å². The summed E-state index contributed by atoms with van der Waals surface area (Å²) in [5, 5.41) is 10.2. The van der Waals surface area contributed by atoms with Crippen LogP contribution in [0.1, 0.15) is 52.9 Å². The Morgan fingerprint density at radius 1 is 1.07 bits per heavy atom. The quantitative estimate of drug-likeness (QED) is 0.641. The summed E-state index contributed by atoms with van der Waals surface area (Å²) in [4.78, 5) is 0. The van der Waals surface area contributed by atoms with Crippen LogP contribution < -0.4 is 0 Å². The van der Waals surface area contributed by atoms with Crippen LogP contribution in [0.2, 0.25) is 0 Å². The maximum Gasteiger partial charge on any atom is 0.0594 e. The highest BCUT2D eigenvalue weighted by Gasteiger charge is 2.22. The highest BCUT2D eigenvalue weighted by atomic mass is 16.5. The van der Waals surface area contributed by atoms with Crippen LogP contribution in [0.4, 0.5) is 0 Å². The molecule has 0 radical (unpaired) electrons. The van der Waals surface area contributed by atoms with Crippen molar-refractivity contribution in [3.05, 3.63) is 0 Å². The molecule has 0 aromatic carbocycles. The summed E-state index contributed by atoms with van der Waals surface area (Å²) in [5.74, 6) is 0.833. The first-order valence-electron chi connectivity index (χ1n) is 6.34. The highest BCUT2D eigenvalue weighted by Crippen LogP contribution is 2.24. The number of hydrogen-bond donors (Lipinski definition) is 1. The summed E-state index contributed by atoms with van der Waals surface area (Å²) in [5.41, 5.74) is 0. The first kappa shape index (κ1) is 14.9.